The fourth-order valence-corrected chi connectivity index (χ4v) is 1.80. The van der Waals surface area contributed by atoms with Crippen LogP contribution in [-0.2, 0) is 0 Å². The lowest BCUT2D eigenvalue weighted by Gasteiger charge is -2.11. The van der Waals surface area contributed by atoms with Crippen LogP contribution in [0.3, 0.4) is 0 Å². The summed E-state index contributed by atoms with van der Waals surface area (Å²) in [6.07, 6.45) is 3.32. The molecule has 0 amide bonds. The normalized spacial score (nSPS) is 12.7. The van der Waals surface area contributed by atoms with Crippen molar-refractivity contribution in [3.63, 3.8) is 0 Å². The van der Waals surface area contributed by atoms with Crippen LogP contribution >= 0.6 is 0 Å². The molecule has 0 aliphatic carbocycles. The third-order valence-electron chi connectivity index (χ3n) is 2.69. The zero-order valence-corrected chi connectivity index (χ0v) is 10.5. The number of nitrogens with two attached hydrogens (primary N) is 1. The molecule has 0 saturated carbocycles. The quantitative estimate of drug-likeness (QED) is 0.650. The first-order valence-corrected chi connectivity index (χ1v) is 5.79. The molecule has 4 N–H and O–H groups in total. The Hall–Kier alpha value is -2.64. The molecule has 0 saturated heterocycles. The largest absolute Gasteiger partial charge is 0.444 e. The SMILES string of the molecule is Cc1cnc(C(C)Nc2nc(N)nc3[nH]ncc23)o1. The van der Waals surface area contributed by atoms with Crippen molar-refractivity contribution < 1.29 is 4.42 Å². The lowest BCUT2D eigenvalue weighted by Crippen LogP contribution is -2.10. The maximum absolute atomic E-state index is 5.65. The van der Waals surface area contributed by atoms with Gasteiger partial charge in [0.15, 0.2) is 5.65 Å². The first-order chi connectivity index (χ1) is 9.13. The summed E-state index contributed by atoms with van der Waals surface area (Å²) in [6.45, 7) is 3.77. The second-order valence-corrected chi connectivity index (χ2v) is 4.24. The monoisotopic (exact) mass is 259 g/mol. The van der Waals surface area contributed by atoms with Crippen LogP contribution < -0.4 is 11.1 Å². The maximum atomic E-state index is 5.65. The van der Waals surface area contributed by atoms with E-state index in [1.165, 1.54) is 0 Å². The van der Waals surface area contributed by atoms with E-state index in [0.29, 0.717) is 17.4 Å². The molecule has 0 bridgehead atoms. The highest BCUT2D eigenvalue weighted by Gasteiger charge is 2.15. The van der Waals surface area contributed by atoms with Gasteiger partial charge in [0.25, 0.3) is 0 Å². The highest BCUT2D eigenvalue weighted by atomic mass is 16.4. The Balaban J connectivity index is 1.94. The van der Waals surface area contributed by atoms with Gasteiger partial charge in [-0.05, 0) is 13.8 Å². The minimum Gasteiger partial charge on any atom is -0.444 e. The molecule has 3 aromatic heterocycles. The number of aromatic amines is 1. The summed E-state index contributed by atoms with van der Waals surface area (Å²) in [5.41, 5.74) is 6.24. The van der Waals surface area contributed by atoms with E-state index in [1.54, 1.807) is 12.4 Å². The van der Waals surface area contributed by atoms with Crippen LogP contribution in [0.25, 0.3) is 11.0 Å². The number of H-pyrrole nitrogens is 1. The summed E-state index contributed by atoms with van der Waals surface area (Å²) in [7, 11) is 0. The average molecular weight is 259 g/mol. The van der Waals surface area contributed by atoms with Gasteiger partial charge in [0.1, 0.15) is 17.6 Å². The van der Waals surface area contributed by atoms with Gasteiger partial charge >= 0.3 is 0 Å². The van der Waals surface area contributed by atoms with Crippen LogP contribution in [0, 0.1) is 6.92 Å². The molecule has 3 rings (SSSR count). The number of fused-ring (bicyclic) bond motifs is 1. The first-order valence-electron chi connectivity index (χ1n) is 5.79. The highest BCUT2D eigenvalue weighted by Crippen LogP contribution is 2.23. The van der Waals surface area contributed by atoms with Gasteiger partial charge in [0.2, 0.25) is 11.8 Å². The van der Waals surface area contributed by atoms with E-state index in [-0.39, 0.29) is 12.0 Å². The Morgan fingerprint density at radius 1 is 1.37 bits per heavy atom. The number of nitrogens with one attached hydrogen (secondary N) is 2. The Labute approximate surface area is 108 Å². The minimum atomic E-state index is -0.138. The molecule has 19 heavy (non-hydrogen) atoms. The smallest absolute Gasteiger partial charge is 0.224 e. The zero-order chi connectivity index (χ0) is 13.4. The summed E-state index contributed by atoms with van der Waals surface area (Å²) in [5, 5.41) is 10.6. The summed E-state index contributed by atoms with van der Waals surface area (Å²) in [6, 6.07) is -0.138. The molecule has 0 radical (unpaired) electrons. The first kappa shape index (κ1) is 11.5. The second kappa shape index (κ2) is 4.23. The summed E-state index contributed by atoms with van der Waals surface area (Å²) in [5.74, 6) is 2.13. The van der Waals surface area contributed by atoms with Crippen LogP contribution in [0.4, 0.5) is 11.8 Å². The van der Waals surface area contributed by atoms with E-state index in [0.717, 1.165) is 11.1 Å². The van der Waals surface area contributed by atoms with Gasteiger partial charge in [-0.15, -0.1) is 0 Å². The van der Waals surface area contributed by atoms with Gasteiger partial charge in [-0.3, -0.25) is 5.10 Å². The number of hydrogen-bond acceptors (Lipinski definition) is 7. The fraction of sp³-hybridized carbons (Fsp3) is 0.273. The van der Waals surface area contributed by atoms with Crippen molar-refractivity contribution in [3.05, 3.63) is 24.0 Å². The Kier molecular flexibility index (Phi) is 2.55. The number of anilines is 2. The zero-order valence-electron chi connectivity index (χ0n) is 10.5. The number of nitrogen functional groups attached to an aromatic ring is 1. The second-order valence-electron chi connectivity index (χ2n) is 4.24. The predicted octanol–water partition coefficient (Wildman–Crippen LogP) is 1.40. The Morgan fingerprint density at radius 2 is 2.21 bits per heavy atom. The van der Waals surface area contributed by atoms with Crippen LogP contribution in [0.2, 0.25) is 0 Å². The van der Waals surface area contributed by atoms with Crippen LogP contribution in [0.15, 0.2) is 16.8 Å². The molecule has 3 aromatic rings. The Morgan fingerprint density at radius 3 is 2.95 bits per heavy atom. The molecule has 0 aliphatic rings. The third-order valence-corrected chi connectivity index (χ3v) is 2.69. The summed E-state index contributed by atoms with van der Waals surface area (Å²) >= 11 is 0. The molecule has 1 atom stereocenters. The lowest BCUT2D eigenvalue weighted by atomic mass is 10.3. The van der Waals surface area contributed by atoms with Crippen molar-refractivity contribution in [3.8, 4) is 0 Å². The molecule has 0 aromatic carbocycles. The number of oxazole rings is 1. The number of aromatic nitrogens is 5. The van der Waals surface area contributed by atoms with Gasteiger partial charge in [-0.25, -0.2) is 4.98 Å². The predicted molar refractivity (Wildman–Crippen MR) is 69.4 cm³/mol. The van der Waals surface area contributed by atoms with Gasteiger partial charge < -0.3 is 15.5 Å². The maximum Gasteiger partial charge on any atom is 0.224 e. The van der Waals surface area contributed by atoms with Crippen LogP contribution in [0.1, 0.15) is 24.6 Å². The van der Waals surface area contributed by atoms with Crippen molar-refractivity contribution in [2.45, 2.75) is 19.9 Å². The summed E-state index contributed by atoms with van der Waals surface area (Å²) < 4.78 is 5.47. The molecule has 8 heteroatoms. The fourth-order valence-electron chi connectivity index (χ4n) is 1.80. The van der Waals surface area contributed by atoms with E-state index >= 15 is 0 Å². The van der Waals surface area contributed by atoms with Crippen LogP contribution in [0.5, 0.6) is 0 Å². The van der Waals surface area contributed by atoms with Crippen molar-refractivity contribution in [2.24, 2.45) is 0 Å². The van der Waals surface area contributed by atoms with E-state index in [2.05, 4.69) is 30.5 Å². The van der Waals surface area contributed by atoms with Gasteiger partial charge in [-0.2, -0.15) is 15.1 Å². The molecule has 3 heterocycles. The number of hydrogen-bond donors (Lipinski definition) is 3. The third kappa shape index (κ3) is 2.07. The minimum absolute atomic E-state index is 0.138. The standard InChI is InChI=1S/C11H13N7O/c1-5-3-13-10(19-5)6(2)15-8-7-4-14-18-9(7)17-11(12)16-8/h3-4,6H,1-2H3,(H4,12,14,15,16,17,18). The topological polar surface area (TPSA) is 119 Å². The van der Waals surface area contributed by atoms with E-state index in [9.17, 15) is 0 Å². The molecule has 0 fully saturated rings. The molecule has 0 aliphatic heterocycles. The summed E-state index contributed by atoms with van der Waals surface area (Å²) in [4.78, 5) is 12.4. The number of aryl methyl sites for hydroxylation is 1. The van der Waals surface area contributed by atoms with Crippen molar-refractivity contribution in [1.29, 1.82) is 0 Å². The average Bonchev–Trinajstić information content (AvgIpc) is 2.97. The number of rotatable bonds is 3. The molecule has 98 valence electrons. The number of nitrogens with zero attached hydrogens (tertiary/aromatic N) is 4. The van der Waals surface area contributed by atoms with Gasteiger partial charge in [0.05, 0.1) is 17.8 Å². The van der Waals surface area contributed by atoms with E-state index in [1.807, 2.05) is 13.8 Å². The van der Waals surface area contributed by atoms with Gasteiger partial charge in [-0.1, -0.05) is 0 Å². The van der Waals surface area contributed by atoms with Crippen LogP contribution in [-0.4, -0.2) is 25.1 Å². The molecule has 8 nitrogen and oxygen atoms in total. The molecule has 1 unspecified atom stereocenters. The van der Waals surface area contributed by atoms with Crippen molar-refractivity contribution in [1.82, 2.24) is 25.1 Å². The van der Waals surface area contributed by atoms with Gasteiger partial charge in [0, 0.05) is 0 Å². The van der Waals surface area contributed by atoms with E-state index in [4.69, 9.17) is 10.2 Å². The molecular formula is C11H13N7O. The highest BCUT2D eigenvalue weighted by molar-refractivity contribution is 5.86. The molecule has 0 spiro atoms. The Bertz CT molecular complexity index is 717. The lowest BCUT2D eigenvalue weighted by molar-refractivity contribution is 0.453. The molecular weight excluding hydrogens is 246 g/mol. The van der Waals surface area contributed by atoms with Crippen molar-refractivity contribution in [2.75, 3.05) is 11.1 Å². The van der Waals surface area contributed by atoms with Crippen molar-refractivity contribution >= 4 is 22.8 Å². The van der Waals surface area contributed by atoms with E-state index < -0.39 is 0 Å².